The third kappa shape index (κ3) is 3.38. The summed E-state index contributed by atoms with van der Waals surface area (Å²) in [6, 6.07) is 6.81. The molecule has 112 valence electrons. The van der Waals surface area contributed by atoms with Crippen LogP contribution in [0.4, 0.5) is 0 Å². The number of rotatable bonds is 6. The summed E-state index contributed by atoms with van der Waals surface area (Å²) >= 11 is 0. The maximum Gasteiger partial charge on any atom is 0.241 e. The second-order valence-electron chi connectivity index (χ2n) is 5.38. The van der Waals surface area contributed by atoms with Crippen LogP contribution in [0.25, 0.3) is 0 Å². The Labute approximate surface area is 120 Å². The Balaban J connectivity index is 2.23. The lowest BCUT2D eigenvalue weighted by Gasteiger charge is -2.28. The van der Waals surface area contributed by atoms with E-state index < -0.39 is 15.6 Å². The lowest BCUT2D eigenvalue weighted by molar-refractivity contribution is 0.184. The maximum atomic E-state index is 12.5. The van der Waals surface area contributed by atoms with Crippen molar-refractivity contribution in [1.29, 1.82) is 0 Å². The van der Waals surface area contributed by atoms with E-state index in [0.29, 0.717) is 13.2 Å². The predicted octanol–water partition coefficient (Wildman–Crippen LogP) is 1.38. The van der Waals surface area contributed by atoms with Crippen LogP contribution in [0.5, 0.6) is 0 Å². The van der Waals surface area contributed by atoms with Gasteiger partial charge in [-0.3, -0.25) is 0 Å². The first kappa shape index (κ1) is 15.4. The van der Waals surface area contributed by atoms with Gasteiger partial charge in [0.15, 0.2) is 0 Å². The molecule has 20 heavy (non-hydrogen) atoms. The Hall–Kier alpha value is -0.950. The Morgan fingerprint density at radius 1 is 1.35 bits per heavy atom. The van der Waals surface area contributed by atoms with Gasteiger partial charge in [-0.1, -0.05) is 25.0 Å². The molecule has 0 aliphatic heterocycles. The molecule has 2 rings (SSSR count). The predicted molar refractivity (Wildman–Crippen MR) is 77.7 cm³/mol. The molecule has 1 aromatic rings. The molecule has 1 fully saturated rings. The van der Waals surface area contributed by atoms with E-state index in [1.807, 2.05) is 6.07 Å². The Bertz CT molecular complexity index is 551. The number of hydrogen-bond acceptors (Lipinski definition) is 4. The summed E-state index contributed by atoms with van der Waals surface area (Å²) < 4.78 is 32.8. The van der Waals surface area contributed by atoms with Crippen molar-refractivity contribution in [1.82, 2.24) is 4.72 Å². The highest BCUT2D eigenvalue weighted by Crippen LogP contribution is 2.30. The number of sulfonamides is 1. The van der Waals surface area contributed by atoms with Crippen LogP contribution in [-0.4, -0.2) is 27.6 Å². The van der Waals surface area contributed by atoms with Crippen molar-refractivity contribution in [2.75, 3.05) is 13.7 Å². The van der Waals surface area contributed by atoms with Crippen molar-refractivity contribution in [2.24, 2.45) is 5.73 Å². The van der Waals surface area contributed by atoms with Gasteiger partial charge in [-0.25, -0.2) is 13.1 Å². The van der Waals surface area contributed by atoms with Gasteiger partial charge < -0.3 is 10.5 Å². The van der Waals surface area contributed by atoms with Gasteiger partial charge in [0.2, 0.25) is 10.0 Å². The van der Waals surface area contributed by atoms with Crippen LogP contribution in [0.15, 0.2) is 29.2 Å². The minimum absolute atomic E-state index is 0.270. The van der Waals surface area contributed by atoms with E-state index in [-0.39, 0.29) is 4.90 Å². The van der Waals surface area contributed by atoms with E-state index >= 15 is 0 Å². The molecule has 0 atom stereocenters. The topological polar surface area (TPSA) is 81.4 Å². The van der Waals surface area contributed by atoms with Gasteiger partial charge in [0.05, 0.1) is 11.5 Å². The van der Waals surface area contributed by atoms with Crippen LogP contribution in [0.2, 0.25) is 0 Å². The fourth-order valence-corrected chi connectivity index (χ4v) is 4.25. The summed E-state index contributed by atoms with van der Waals surface area (Å²) in [5.74, 6) is 0. The first-order chi connectivity index (χ1) is 9.51. The number of hydrogen-bond donors (Lipinski definition) is 2. The monoisotopic (exact) mass is 298 g/mol. The van der Waals surface area contributed by atoms with Crippen molar-refractivity contribution in [3.8, 4) is 0 Å². The van der Waals surface area contributed by atoms with E-state index in [0.717, 1.165) is 31.2 Å². The number of nitrogens with two attached hydrogens (primary N) is 1. The molecule has 0 spiro atoms. The highest BCUT2D eigenvalue weighted by molar-refractivity contribution is 7.89. The van der Waals surface area contributed by atoms with Crippen LogP contribution in [-0.2, 0) is 21.4 Å². The molecule has 0 amide bonds. The van der Waals surface area contributed by atoms with Gasteiger partial charge >= 0.3 is 0 Å². The summed E-state index contributed by atoms with van der Waals surface area (Å²) in [4.78, 5) is 0.270. The Morgan fingerprint density at radius 2 is 2.05 bits per heavy atom. The van der Waals surface area contributed by atoms with Crippen LogP contribution in [0.1, 0.15) is 31.2 Å². The van der Waals surface area contributed by atoms with Gasteiger partial charge in [0.1, 0.15) is 0 Å². The third-order valence-corrected chi connectivity index (χ3v) is 5.40. The first-order valence-electron chi connectivity index (χ1n) is 6.83. The standard InChI is InChI=1S/C14H22N2O3S/c1-19-10-12-5-4-6-13(9-12)20(17,18)16-14(11-15)7-2-3-8-14/h4-6,9,16H,2-3,7-8,10-11,15H2,1H3. The molecule has 0 aromatic heterocycles. The molecule has 0 heterocycles. The normalized spacial score (nSPS) is 18.3. The minimum Gasteiger partial charge on any atom is -0.380 e. The summed E-state index contributed by atoms with van der Waals surface area (Å²) in [5.41, 5.74) is 6.15. The van der Waals surface area contributed by atoms with Crippen molar-refractivity contribution in [3.05, 3.63) is 29.8 Å². The van der Waals surface area contributed by atoms with E-state index in [1.54, 1.807) is 25.3 Å². The van der Waals surface area contributed by atoms with Crippen LogP contribution in [0, 0.1) is 0 Å². The Kier molecular flexibility index (Phi) is 4.80. The largest absolute Gasteiger partial charge is 0.380 e. The average Bonchev–Trinajstić information content (AvgIpc) is 2.88. The van der Waals surface area contributed by atoms with Gasteiger partial charge in [-0.2, -0.15) is 0 Å². The molecule has 6 heteroatoms. The maximum absolute atomic E-state index is 12.5. The number of nitrogens with one attached hydrogen (secondary N) is 1. The van der Waals surface area contributed by atoms with E-state index in [2.05, 4.69) is 4.72 Å². The molecule has 1 saturated carbocycles. The average molecular weight is 298 g/mol. The highest BCUT2D eigenvalue weighted by atomic mass is 32.2. The Morgan fingerprint density at radius 3 is 2.65 bits per heavy atom. The lowest BCUT2D eigenvalue weighted by Crippen LogP contribution is -2.51. The third-order valence-electron chi connectivity index (χ3n) is 3.82. The van der Waals surface area contributed by atoms with Crippen molar-refractivity contribution < 1.29 is 13.2 Å². The van der Waals surface area contributed by atoms with E-state index in [9.17, 15) is 8.42 Å². The van der Waals surface area contributed by atoms with Gasteiger partial charge in [0, 0.05) is 19.2 Å². The smallest absolute Gasteiger partial charge is 0.241 e. The molecule has 0 saturated heterocycles. The van der Waals surface area contributed by atoms with Crippen molar-refractivity contribution in [3.63, 3.8) is 0 Å². The number of ether oxygens (including phenoxy) is 1. The zero-order valence-electron chi connectivity index (χ0n) is 11.8. The van der Waals surface area contributed by atoms with Crippen LogP contribution < -0.4 is 10.5 Å². The molecule has 1 aliphatic carbocycles. The molecular formula is C14H22N2O3S. The molecule has 1 aliphatic rings. The summed E-state index contributed by atoms with van der Waals surface area (Å²) in [7, 11) is -1.96. The molecular weight excluding hydrogens is 276 g/mol. The quantitative estimate of drug-likeness (QED) is 0.831. The highest BCUT2D eigenvalue weighted by Gasteiger charge is 2.36. The van der Waals surface area contributed by atoms with E-state index in [1.165, 1.54) is 0 Å². The van der Waals surface area contributed by atoms with Gasteiger partial charge in [0.25, 0.3) is 0 Å². The van der Waals surface area contributed by atoms with E-state index in [4.69, 9.17) is 10.5 Å². The number of methoxy groups -OCH3 is 1. The molecule has 0 unspecified atom stereocenters. The lowest BCUT2D eigenvalue weighted by atomic mass is 10.0. The zero-order valence-corrected chi connectivity index (χ0v) is 12.6. The summed E-state index contributed by atoms with van der Waals surface area (Å²) in [6.07, 6.45) is 3.65. The number of benzene rings is 1. The van der Waals surface area contributed by atoms with Gasteiger partial charge in [-0.05, 0) is 30.5 Å². The van der Waals surface area contributed by atoms with Crippen molar-refractivity contribution in [2.45, 2.75) is 42.7 Å². The molecule has 0 radical (unpaired) electrons. The summed E-state index contributed by atoms with van der Waals surface area (Å²) in [5, 5.41) is 0. The first-order valence-corrected chi connectivity index (χ1v) is 8.32. The van der Waals surface area contributed by atoms with Gasteiger partial charge in [-0.15, -0.1) is 0 Å². The fourth-order valence-electron chi connectivity index (χ4n) is 2.71. The van der Waals surface area contributed by atoms with Crippen LogP contribution in [0.3, 0.4) is 0 Å². The zero-order chi connectivity index (χ0) is 14.6. The van der Waals surface area contributed by atoms with Crippen LogP contribution >= 0.6 is 0 Å². The second kappa shape index (κ2) is 6.22. The minimum atomic E-state index is -3.54. The fraction of sp³-hybridized carbons (Fsp3) is 0.571. The molecule has 1 aromatic carbocycles. The second-order valence-corrected chi connectivity index (χ2v) is 7.06. The molecule has 0 bridgehead atoms. The molecule has 3 N–H and O–H groups in total. The van der Waals surface area contributed by atoms with Crippen molar-refractivity contribution >= 4 is 10.0 Å². The SMILES string of the molecule is COCc1cccc(S(=O)(=O)NC2(CN)CCCC2)c1. The molecule has 5 nitrogen and oxygen atoms in total. The summed E-state index contributed by atoms with van der Waals surface area (Å²) in [6.45, 7) is 0.732.